The number of benzene rings is 2. The SMILES string of the molecule is O=C1Cc2cc(CS(=O)(=O)c3ccc(Br)cc3)ccc2N1. The van der Waals surface area contributed by atoms with Gasteiger partial charge in [-0.25, -0.2) is 8.42 Å². The van der Waals surface area contributed by atoms with Crippen molar-refractivity contribution in [2.24, 2.45) is 0 Å². The zero-order chi connectivity index (χ0) is 15.0. The number of halogens is 1. The van der Waals surface area contributed by atoms with Gasteiger partial charge in [0.25, 0.3) is 0 Å². The van der Waals surface area contributed by atoms with Gasteiger partial charge in [-0.15, -0.1) is 0 Å². The molecule has 2 aromatic rings. The van der Waals surface area contributed by atoms with Gasteiger partial charge in [0.15, 0.2) is 9.84 Å². The van der Waals surface area contributed by atoms with Gasteiger partial charge in [-0.05, 0) is 41.5 Å². The minimum absolute atomic E-state index is 0.0575. The Bertz CT molecular complexity index is 813. The van der Waals surface area contributed by atoms with Crippen molar-refractivity contribution >= 4 is 37.4 Å². The van der Waals surface area contributed by atoms with E-state index in [9.17, 15) is 13.2 Å². The zero-order valence-corrected chi connectivity index (χ0v) is 13.4. The molecule has 6 heteroatoms. The number of anilines is 1. The lowest BCUT2D eigenvalue weighted by Gasteiger charge is -2.06. The Hall–Kier alpha value is -1.66. The number of rotatable bonds is 3. The van der Waals surface area contributed by atoms with Crippen molar-refractivity contribution in [3.63, 3.8) is 0 Å². The molecule has 0 saturated carbocycles. The lowest BCUT2D eigenvalue weighted by atomic mass is 10.1. The second-order valence-corrected chi connectivity index (χ2v) is 7.83. The first-order valence-electron chi connectivity index (χ1n) is 6.34. The molecule has 0 bridgehead atoms. The highest BCUT2D eigenvalue weighted by molar-refractivity contribution is 9.10. The summed E-state index contributed by atoms with van der Waals surface area (Å²) in [7, 11) is -3.39. The summed E-state index contributed by atoms with van der Waals surface area (Å²) >= 11 is 3.28. The fourth-order valence-corrected chi connectivity index (χ4v) is 3.92. The molecule has 0 saturated heterocycles. The van der Waals surface area contributed by atoms with Crippen LogP contribution in [0.1, 0.15) is 11.1 Å². The third-order valence-electron chi connectivity index (χ3n) is 3.32. The first-order chi connectivity index (χ1) is 9.94. The van der Waals surface area contributed by atoms with Gasteiger partial charge >= 0.3 is 0 Å². The van der Waals surface area contributed by atoms with Crippen LogP contribution in [0.25, 0.3) is 0 Å². The number of carbonyl (C=O) groups excluding carboxylic acids is 1. The third-order valence-corrected chi connectivity index (χ3v) is 5.56. The number of nitrogens with one attached hydrogen (secondary N) is 1. The Morgan fingerprint density at radius 2 is 1.81 bits per heavy atom. The fourth-order valence-electron chi connectivity index (χ4n) is 2.32. The lowest BCUT2D eigenvalue weighted by Crippen LogP contribution is -2.05. The highest BCUT2D eigenvalue weighted by Crippen LogP contribution is 2.26. The van der Waals surface area contributed by atoms with Crippen LogP contribution in [0, 0.1) is 0 Å². The van der Waals surface area contributed by atoms with Crippen LogP contribution >= 0.6 is 15.9 Å². The molecule has 2 aromatic carbocycles. The van der Waals surface area contributed by atoms with Crippen LogP contribution in [0.5, 0.6) is 0 Å². The molecular formula is C15H12BrNO3S. The Morgan fingerprint density at radius 3 is 2.52 bits per heavy atom. The van der Waals surface area contributed by atoms with Crippen molar-refractivity contribution in [2.45, 2.75) is 17.1 Å². The van der Waals surface area contributed by atoms with Gasteiger partial charge in [0.2, 0.25) is 5.91 Å². The summed E-state index contributed by atoms with van der Waals surface area (Å²) in [5.41, 5.74) is 2.31. The molecule has 1 amide bonds. The van der Waals surface area contributed by atoms with Crippen LogP contribution < -0.4 is 5.32 Å². The van der Waals surface area contributed by atoms with E-state index < -0.39 is 9.84 Å². The van der Waals surface area contributed by atoms with Gasteiger partial charge in [0, 0.05) is 10.2 Å². The van der Waals surface area contributed by atoms with Crippen LogP contribution in [0.4, 0.5) is 5.69 Å². The van der Waals surface area contributed by atoms with Crippen molar-refractivity contribution in [3.05, 3.63) is 58.1 Å². The maximum Gasteiger partial charge on any atom is 0.228 e. The maximum absolute atomic E-state index is 12.4. The van der Waals surface area contributed by atoms with E-state index in [1.807, 2.05) is 0 Å². The number of sulfone groups is 1. The number of hydrogen-bond acceptors (Lipinski definition) is 3. The third kappa shape index (κ3) is 3.01. The summed E-state index contributed by atoms with van der Waals surface area (Å²) in [6.45, 7) is 0. The lowest BCUT2D eigenvalue weighted by molar-refractivity contribution is -0.115. The van der Waals surface area contributed by atoms with Gasteiger partial charge in [-0.2, -0.15) is 0 Å². The molecule has 4 nitrogen and oxygen atoms in total. The van der Waals surface area contributed by atoms with Crippen molar-refractivity contribution in [1.82, 2.24) is 0 Å². The molecule has 0 aromatic heterocycles. The normalized spacial score (nSPS) is 13.9. The molecule has 108 valence electrons. The van der Waals surface area contributed by atoms with E-state index >= 15 is 0 Å². The molecule has 3 rings (SSSR count). The van der Waals surface area contributed by atoms with E-state index in [4.69, 9.17) is 0 Å². The minimum atomic E-state index is -3.39. The summed E-state index contributed by atoms with van der Waals surface area (Å²) in [5, 5.41) is 2.73. The first kappa shape index (κ1) is 14.3. The van der Waals surface area contributed by atoms with Gasteiger partial charge in [0.05, 0.1) is 17.1 Å². The first-order valence-corrected chi connectivity index (χ1v) is 8.78. The van der Waals surface area contributed by atoms with E-state index in [0.717, 1.165) is 15.7 Å². The predicted molar refractivity (Wildman–Crippen MR) is 83.8 cm³/mol. The second kappa shape index (κ2) is 5.27. The number of amides is 1. The van der Waals surface area contributed by atoms with Crippen LogP contribution in [0.15, 0.2) is 51.8 Å². The summed E-state index contributed by atoms with van der Waals surface area (Å²) < 4.78 is 25.6. The molecule has 21 heavy (non-hydrogen) atoms. The van der Waals surface area contributed by atoms with Gasteiger partial charge in [-0.1, -0.05) is 28.1 Å². The van der Waals surface area contributed by atoms with E-state index in [1.165, 1.54) is 0 Å². The summed E-state index contributed by atoms with van der Waals surface area (Å²) in [6, 6.07) is 11.9. The van der Waals surface area contributed by atoms with E-state index in [0.29, 0.717) is 16.9 Å². The van der Waals surface area contributed by atoms with Crippen molar-refractivity contribution in [2.75, 3.05) is 5.32 Å². The molecule has 0 spiro atoms. The van der Waals surface area contributed by atoms with Crippen molar-refractivity contribution < 1.29 is 13.2 Å². The van der Waals surface area contributed by atoms with Gasteiger partial charge < -0.3 is 5.32 Å². The van der Waals surface area contributed by atoms with Crippen LogP contribution in [0.2, 0.25) is 0 Å². The molecular weight excluding hydrogens is 354 g/mol. The van der Waals surface area contributed by atoms with Crippen LogP contribution in [-0.4, -0.2) is 14.3 Å². The Balaban J connectivity index is 1.88. The monoisotopic (exact) mass is 365 g/mol. The highest BCUT2D eigenvalue weighted by atomic mass is 79.9. The average Bonchev–Trinajstić information content (AvgIpc) is 2.78. The molecule has 0 radical (unpaired) electrons. The standard InChI is InChI=1S/C15H12BrNO3S/c16-12-2-4-13(5-3-12)21(19,20)9-10-1-6-14-11(7-10)8-15(18)17-14/h1-7H,8-9H2,(H,17,18). The maximum atomic E-state index is 12.4. The smallest absolute Gasteiger partial charge is 0.228 e. The molecule has 1 aliphatic rings. The predicted octanol–water partition coefficient (Wildman–Crippen LogP) is 2.92. The molecule has 0 unspecified atom stereocenters. The molecule has 0 aliphatic carbocycles. The van der Waals surface area contributed by atoms with E-state index in [1.54, 1.807) is 42.5 Å². The Kier molecular flexibility index (Phi) is 3.59. The zero-order valence-electron chi connectivity index (χ0n) is 11.0. The molecule has 0 atom stereocenters. The second-order valence-electron chi connectivity index (χ2n) is 4.93. The number of carbonyl (C=O) groups is 1. The molecule has 1 N–H and O–H groups in total. The van der Waals surface area contributed by atoms with E-state index in [2.05, 4.69) is 21.2 Å². The quantitative estimate of drug-likeness (QED) is 0.909. The molecule has 1 aliphatic heterocycles. The van der Waals surface area contributed by atoms with Gasteiger partial charge in [0.1, 0.15) is 0 Å². The van der Waals surface area contributed by atoms with Crippen LogP contribution in [-0.2, 0) is 26.8 Å². The van der Waals surface area contributed by atoms with E-state index in [-0.39, 0.29) is 11.7 Å². The van der Waals surface area contributed by atoms with Crippen molar-refractivity contribution in [3.8, 4) is 0 Å². The van der Waals surface area contributed by atoms with Crippen LogP contribution in [0.3, 0.4) is 0 Å². The Labute approximate surface area is 131 Å². The summed E-state index contributed by atoms with van der Waals surface area (Å²) in [5.74, 6) is -0.131. The average molecular weight is 366 g/mol. The fraction of sp³-hybridized carbons (Fsp3) is 0.133. The largest absolute Gasteiger partial charge is 0.326 e. The summed E-state index contributed by atoms with van der Waals surface area (Å²) in [4.78, 5) is 11.6. The highest BCUT2D eigenvalue weighted by Gasteiger charge is 2.20. The molecule has 1 heterocycles. The topological polar surface area (TPSA) is 63.2 Å². The number of hydrogen-bond donors (Lipinski definition) is 1. The summed E-state index contributed by atoms with van der Waals surface area (Å²) in [6.07, 6.45) is 0.307. The van der Waals surface area contributed by atoms with Crippen molar-refractivity contribution in [1.29, 1.82) is 0 Å². The van der Waals surface area contributed by atoms with Gasteiger partial charge in [-0.3, -0.25) is 4.79 Å². The molecule has 0 fully saturated rings. The Morgan fingerprint density at radius 1 is 1.10 bits per heavy atom. The number of fused-ring (bicyclic) bond motifs is 1. The minimum Gasteiger partial charge on any atom is -0.326 e.